The van der Waals surface area contributed by atoms with Crippen molar-refractivity contribution >= 4 is 17.3 Å². The lowest BCUT2D eigenvalue weighted by Crippen LogP contribution is -2.26. The second-order valence-electron chi connectivity index (χ2n) is 6.01. The van der Waals surface area contributed by atoms with Crippen molar-refractivity contribution in [2.45, 2.75) is 57.7 Å². The molecule has 1 aliphatic rings. The van der Waals surface area contributed by atoms with Gasteiger partial charge in [-0.05, 0) is 30.7 Å². The average Bonchev–Trinajstić information content (AvgIpc) is 2.86. The van der Waals surface area contributed by atoms with E-state index in [9.17, 15) is 15.0 Å². The zero-order valence-corrected chi connectivity index (χ0v) is 12.3. The predicted octanol–water partition coefficient (Wildman–Crippen LogP) is 3.04. The maximum absolute atomic E-state index is 11.3. The molecular formula is C14H20O4S. The lowest BCUT2D eigenvalue weighted by Gasteiger charge is -2.17. The first kappa shape index (κ1) is 14.3. The summed E-state index contributed by atoms with van der Waals surface area (Å²) < 4.78 is 5.74. The van der Waals surface area contributed by atoms with Crippen LogP contribution in [0.5, 0.6) is 5.75 Å². The standard InChI is InChI=1S/C14H20O4S/c1-14(2,3)11-7-10(12(19-11)13(16)17)18-9-6-4-5-8(9)15/h7-9,15H,4-6H2,1-3H3,(H,16,17). The summed E-state index contributed by atoms with van der Waals surface area (Å²) in [5.74, 6) is -0.573. The van der Waals surface area contributed by atoms with E-state index in [-0.39, 0.29) is 16.4 Å². The van der Waals surface area contributed by atoms with E-state index >= 15 is 0 Å². The molecule has 1 aliphatic carbocycles. The van der Waals surface area contributed by atoms with Gasteiger partial charge in [-0.2, -0.15) is 0 Å². The molecule has 2 unspecified atom stereocenters. The summed E-state index contributed by atoms with van der Waals surface area (Å²) in [5, 5.41) is 19.0. The maximum Gasteiger partial charge on any atom is 0.349 e. The topological polar surface area (TPSA) is 66.8 Å². The summed E-state index contributed by atoms with van der Waals surface area (Å²) in [6.45, 7) is 6.12. The van der Waals surface area contributed by atoms with Gasteiger partial charge in [-0.15, -0.1) is 11.3 Å². The van der Waals surface area contributed by atoms with E-state index in [1.807, 2.05) is 20.8 Å². The number of carboxylic acid groups (broad SMARTS) is 1. The van der Waals surface area contributed by atoms with Gasteiger partial charge in [-0.3, -0.25) is 0 Å². The van der Waals surface area contributed by atoms with Crippen LogP contribution in [-0.2, 0) is 5.41 Å². The van der Waals surface area contributed by atoms with Gasteiger partial charge < -0.3 is 14.9 Å². The number of aliphatic hydroxyl groups is 1. The first-order valence-electron chi connectivity index (χ1n) is 6.51. The fraction of sp³-hybridized carbons (Fsp3) is 0.643. The highest BCUT2D eigenvalue weighted by Gasteiger charge is 2.30. The molecule has 0 saturated heterocycles. The van der Waals surface area contributed by atoms with Gasteiger partial charge in [-0.1, -0.05) is 20.8 Å². The summed E-state index contributed by atoms with van der Waals surface area (Å²) in [7, 11) is 0. The largest absolute Gasteiger partial charge is 0.486 e. The quantitative estimate of drug-likeness (QED) is 0.895. The van der Waals surface area contributed by atoms with Gasteiger partial charge >= 0.3 is 5.97 Å². The van der Waals surface area contributed by atoms with E-state index in [0.717, 1.165) is 24.1 Å². The summed E-state index contributed by atoms with van der Waals surface area (Å²) >= 11 is 1.25. The zero-order chi connectivity index (χ0) is 14.2. The van der Waals surface area contributed by atoms with Crippen LogP contribution in [0.1, 0.15) is 54.6 Å². The normalized spacial score (nSPS) is 23.6. The molecule has 0 bridgehead atoms. The molecule has 0 radical (unpaired) electrons. The number of aliphatic hydroxyl groups excluding tert-OH is 1. The van der Waals surface area contributed by atoms with Crippen LogP contribution in [0.25, 0.3) is 0 Å². The molecule has 1 saturated carbocycles. The number of hydrogen-bond acceptors (Lipinski definition) is 4. The zero-order valence-electron chi connectivity index (χ0n) is 11.5. The van der Waals surface area contributed by atoms with Crippen LogP contribution in [-0.4, -0.2) is 28.4 Å². The SMILES string of the molecule is CC(C)(C)c1cc(OC2CCCC2O)c(C(=O)O)s1. The highest BCUT2D eigenvalue weighted by atomic mass is 32.1. The number of carbonyl (C=O) groups is 1. The Labute approximate surface area is 117 Å². The fourth-order valence-corrected chi connectivity index (χ4v) is 3.17. The Morgan fingerprint density at radius 1 is 1.42 bits per heavy atom. The van der Waals surface area contributed by atoms with Crippen LogP contribution in [0.3, 0.4) is 0 Å². The Balaban J connectivity index is 2.28. The van der Waals surface area contributed by atoms with E-state index in [0.29, 0.717) is 5.75 Å². The molecule has 2 N–H and O–H groups in total. The minimum atomic E-state index is -0.969. The molecule has 0 spiro atoms. The van der Waals surface area contributed by atoms with Gasteiger partial charge in [0.05, 0.1) is 6.10 Å². The van der Waals surface area contributed by atoms with Gasteiger partial charge in [0, 0.05) is 4.88 Å². The molecule has 19 heavy (non-hydrogen) atoms. The Morgan fingerprint density at radius 2 is 2.11 bits per heavy atom. The number of hydrogen-bond donors (Lipinski definition) is 2. The molecule has 0 aromatic carbocycles. The van der Waals surface area contributed by atoms with Crippen molar-refractivity contribution in [1.29, 1.82) is 0 Å². The molecular weight excluding hydrogens is 264 g/mol. The predicted molar refractivity (Wildman–Crippen MR) is 74.3 cm³/mol. The summed E-state index contributed by atoms with van der Waals surface area (Å²) in [4.78, 5) is 12.5. The molecule has 2 rings (SSSR count). The summed E-state index contributed by atoms with van der Waals surface area (Å²) in [6, 6.07) is 1.80. The average molecular weight is 284 g/mol. The van der Waals surface area contributed by atoms with Gasteiger partial charge in [0.2, 0.25) is 0 Å². The number of carboxylic acids is 1. The monoisotopic (exact) mass is 284 g/mol. The highest BCUT2D eigenvalue weighted by Crippen LogP contribution is 2.38. The number of aromatic carboxylic acids is 1. The smallest absolute Gasteiger partial charge is 0.349 e. The molecule has 1 aromatic rings. The van der Waals surface area contributed by atoms with Crippen LogP contribution in [0.15, 0.2) is 6.07 Å². The van der Waals surface area contributed by atoms with Crippen molar-refractivity contribution in [2.24, 2.45) is 0 Å². The Kier molecular flexibility index (Phi) is 3.87. The third-order valence-electron chi connectivity index (χ3n) is 3.33. The van der Waals surface area contributed by atoms with Crippen LogP contribution in [0, 0.1) is 0 Å². The van der Waals surface area contributed by atoms with Crippen LogP contribution in [0.4, 0.5) is 0 Å². The number of rotatable bonds is 3. The van der Waals surface area contributed by atoms with Gasteiger partial charge in [-0.25, -0.2) is 4.79 Å². The molecule has 1 fully saturated rings. The summed E-state index contributed by atoms with van der Waals surface area (Å²) in [6.07, 6.45) is 1.66. The molecule has 1 aromatic heterocycles. The second kappa shape index (κ2) is 5.13. The van der Waals surface area contributed by atoms with Crippen LogP contribution in [0.2, 0.25) is 0 Å². The van der Waals surface area contributed by atoms with E-state index < -0.39 is 12.1 Å². The number of ether oxygens (including phenoxy) is 1. The lowest BCUT2D eigenvalue weighted by molar-refractivity contribution is 0.0566. The van der Waals surface area contributed by atoms with Crippen molar-refractivity contribution in [2.75, 3.05) is 0 Å². The molecule has 4 nitrogen and oxygen atoms in total. The molecule has 5 heteroatoms. The van der Waals surface area contributed by atoms with Gasteiger partial charge in [0.1, 0.15) is 11.9 Å². The molecule has 0 aliphatic heterocycles. The number of thiophene rings is 1. The minimum Gasteiger partial charge on any atom is -0.486 e. The van der Waals surface area contributed by atoms with Crippen molar-refractivity contribution in [3.8, 4) is 5.75 Å². The third-order valence-corrected chi connectivity index (χ3v) is 4.86. The molecule has 2 atom stereocenters. The van der Waals surface area contributed by atoms with E-state index in [4.69, 9.17) is 4.74 Å². The lowest BCUT2D eigenvalue weighted by atomic mass is 9.95. The first-order valence-corrected chi connectivity index (χ1v) is 7.33. The highest BCUT2D eigenvalue weighted by molar-refractivity contribution is 7.14. The Hall–Kier alpha value is -1.07. The van der Waals surface area contributed by atoms with Crippen molar-refractivity contribution < 1.29 is 19.7 Å². The second-order valence-corrected chi connectivity index (χ2v) is 7.07. The van der Waals surface area contributed by atoms with Crippen LogP contribution < -0.4 is 4.74 Å². The maximum atomic E-state index is 11.3. The fourth-order valence-electron chi connectivity index (χ4n) is 2.19. The van der Waals surface area contributed by atoms with Crippen molar-refractivity contribution in [3.63, 3.8) is 0 Å². The molecule has 1 heterocycles. The molecule has 106 valence electrons. The Morgan fingerprint density at radius 3 is 2.58 bits per heavy atom. The van der Waals surface area contributed by atoms with Crippen LogP contribution >= 0.6 is 11.3 Å². The van der Waals surface area contributed by atoms with Gasteiger partial charge in [0.15, 0.2) is 4.88 Å². The van der Waals surface area contributed by atoms with Gasteiger partial charge in [0.25, 0.3) is 0 Å². The molecule has 0 amide bonds. The van der Waals surface area contributed by atoms with Crippen molar-refractivity contribution in [1.82, 2.24) is 0 Å². The minimum absolute atomic E-state index is 0.106. The van der Waals surface area contributed by atoms with E-state index in [1.54, 1.807) is 6.07 Å². The van der Waals surface area contributed by atoms with E-state index in [1.165, 1.54) is 11.3 Å². The van der Waals surface area contributed by atoms with E-state index in [2.05, 4.69) is 0 Å². The Bertz CT molecular complexity index is 472. The first-order chi connectivity index (χ1) is 8.79. The van der Waals surface area contributed by atoms with Crippen molar-refractivity contribution in [3.05, 3.63) is 15.8 Å². The third kappa shape index (κ3) is 3.09. The summed E-state index contributed by atoms with van der Waals surface area (Å²) in [5.41, 5.74) is -0.106.